The van der Waals surface area contributed by atoms with Gasteiger partial charge in [-0.15, -0.1) is 0 Å². The molecule has 0 aromatic heterocycles. The number of rotatable bonds is 9. The molecule has 2 aromatic rings. The molecule has 1 N–H and O–H groups in total. The van der Waals surface area contributed by atoms with Gasteiger partial charge in [0.15, 0.2) is 11.5 Å². The quantitative estimate of drug-likeness (QED) is 0.601. The lowest BCUT2D eigenvalue weighted by atomic mass is 10.2. The third kappa shape index (κ3) is 5.50. The zero-order chi connectivity index (χ0) is 23.1. The van der Waals surface area contributed by atoms with Crippen LogP contribution in [0.15, 0.2) is 47.4 Å². The number of ether oxygens (including phenoxy) is 3. The maximum absolute atomic E-state index is 12.8. The predicted molar refractivity (Wildman–Crippen MR) is 120 cm³/mol. The van der Waals surface area contributed by atoms with Crippen molar-refractivity contribution in [3.63, 3.8) is 0 Å². The summed E-state index contributed by atoms with van der Waals surface area (Å²) in [7, 11) is 1.07. The fraction of sp³-hybridized carbons (Fsp3) is 0.409. The van der Waals surface area contributed by atoms with Crippen molar-refractivity contribution in [2.24, 2.45) is 0 Å². The average Bonchev–Trinajstić information content (AvgIpc) is 2.83. The number of carbonyl (C=O) groups is 1. The van der Waals surface area contributed by atoms with Gasteiger partial charge in [0.1, 0.15) is 5.75 Å². The van der Waals surface area contributed by atoms with Crippen LogP contribution in [0.2, 0.25) is 0 Å². The number of hydrogen-bond donors (Lipinski definition) is 1. The van der Waals surface area contributed by atoms with Gasteiger partial charge in [0.25, 0.3) is 5.91 Å². The first-order chi connectivity index (χ1) is 15.4. The Hall–Kier alpha value is -2.82. The smallest absolute Gasteiger partial charge is 0.251 e. The maximum Gasteiger partial charge on any atom is 0.251 e. The second kappa shape index (κ2) is 10.7. The van der Waals surface area contributed by atoms with E-state index in [2.05, 4.69) is 10.2 Å². The second-order valence-electron chi connectivity index (χ2n) is 7.25. The Morgan fingerprint density at radius 2 is 1.56 bits per heavy atom. The van der Waals surface area contributed by atoms with E-state index >= 15 is 0 Å². The molecule has 0 unspecified atom stereocenters. The van der Waals surface area contributed by atoms with Gasteiger partial charge in [0.2, 0.25) is 10.0 Å². The Labute approximate surface area is 188 Å². The summed E-state index contributed by atoms with van der Waals surface area (Å²) >= 11 is 0. The van der Waals surface area contributed by atoms with Crippen LogP contribution in [0.1, 0.15) is 10.4 Å². The van der Waals surface area contributed by atoms with Crippen LogP contribution in [0.4, 0.5) is 0 Å². The van der Waals surface area contributed by atoms with Crippen molar-refractivity contribution in [2.45, 2.75) is 4.90 Å². The summed E-state index contributed by atoms with van der Waals surface area (Å²) in [6.45, 7) is 3.09. The van der Waals surface area contributed by atoms with E-state index in [0.29, 0.717) is 62.1 Å². The van der Waals surface area contributed by atoms with Crippen LogP contribution in [0, 0.1) is 0 Å². The first-order valence-electron chi connectivity index (χ1n) is 10.3. The summed E-state index contributed by atoms with van der Waals surface area (Å²) in [6, 6.07) is 11.4. The van der Waals surface area contributed by atoms with Gasteiger partial charge in [-0.1, -0.05) is 0 Å². The lowest BCUT2D eigenvalue weighted by molar-refractivity contribution is 0.0944. The summed E-state index contributed by atoms with van der Waals surface area (Å²) in [6.07, 6.45) is 0. The molecule has 174 valence electrons. The van der Waals surface area contributed by atoms with Gasteiger partial charge in [-0.05, 0) is 42.5 Å². The Morgan fingerprint density at radius 3 is 2.16 bits per heavy atom. The minimum atomic E-state index is -3.53. The van der Waals surface area contributed by atoms with E-state index in [9.17, 15) is 13.2 Å². The Bertz CT molecular complexity index is 1020. The molecule has 0 atom stereocenters. The first-order valence-corrected chi connectivity index (χ1v) is 11.7. The highest BCUT2D eigenvalue weighted by Gasteiger charge is 2.28. The maximum atomic E-state index is 12.8. The van der Waals surface area contributed by atoms with Crippen LogP contribution in [0.25, 0.3) is 0 Å². The zero-order valence-electron chi connectivity index (χ0n) is 18.5. The number of nitrogens with zero attached hydrogens (tertiary/aromatic N) is 2. The lowest BCUT2D eigenvalue weighted by Crippen LogP contribution is -2.50. The minimum Gasteiger partial charge on any atom is -0.497 e. The molecule has 32 heavy (non-hydrogen) atoms. The fourth-order valence-electron chi connectivity index (χ4n) is 3.50. The number of nitrogens with one attached hydrogen (secondary N) is 1. The molecule has 9 nitrogen and oxygen atoms in total. The molecule has 1 aliphatic heterocycles. The molecule has 0 spiro atoms. The van der Waals surface area contributed by atoms with Crippen LogP contribution in [-0.4, -0.2) is 84.1 Å². The summed E-state index contributed by atoms with van der Waals surface area (Å²) in [4.78, 5) is 14.8. The average molecular weight is 464 g/mol. The third-order valence-electron chi connectivity index (χ3n) is 5.39. The normalized spacial score (nSPS) is 15.2. The molecule has 0 aliphatic carbocycles. The van der Waals surface area contributed by atoms with Gasteiger partial charge in [0.05, 0.1) is 26.2 Å². The van der Waals surface area contributed by atoms with E-state index in [1.165, 1.54) is 11.4 Å². The highest BCUT2D eigenvalue weighted by molar-refractivity contribution is 7.89. The highest BCUT2D eigenvalue weighted by Crippen LogP contribution is 2.27. The van der Waals surface area contributed by atoms with Gasteiger partial charge in [-0.2, -0.15) is 4.31 Å². The molecule has 10 heteroatoms. The predicted octanol–water partition coefficient (Wildman–Crippen LogP) is 1.45. The van der Waals surface area contributed by atoms with Gasteiger partial charge in [0, 0.05) is 44.8 Å². The van der Waals surface area contributed by atoms with E-state index in [1.807, 2.05) is 0 Å². The van der Waals surface area contributed by atoms with Gasteiger partial charge in [-0.25, -0.2) is 8.42 Å². The number of sulfonamides is 1. The third-order valence-corrected chi connectivity index (χ3v) is 7.30. The van der Waals surface area contributed by atoms with E-state index in [4.69, 9.17) is 14.2 Å². The topological polar surface area (TPSA) is 97.4 Å². The Morgan fingerprint density at radius 1 is 0.906 bits per heavy atom. The van der Waals surface area contributed by atoms with Crippen LogP contribution < -0.4 is 19.5 Å². The van der Waals surface area contributed by atoms with E-state index in [1.54, 1.807) is 56.7 Å². The number of carbonyl (C=O) groups excluding carboxylic acids is 1. The van der Waals surface area contributed by atoms with Crippen molar-refractivity contribution in [1.82, 2.24) is 14.5 Å². The van der Waals surface area contributed by atoms with E-state index < -0.39 is 10.0 Å². The molecule has 0 radical (unpaired) electrons. The number of methoxy groups -OCH3 is 3. The molecule has 0 bridgehead atoms. The number of amides is 1. The Balaban J connectivity index is 1.47. The van der Waals surface area contributed by atoms with Crippen LogP contribution in [0.3, 0.4) is 0 Å². The zero-order valence-corrected chi connectivity index (χ0v) is 19.4. The van der Waals surface area contributed by atoms with Crippen LogP contribution >= 0.6 is 0 Å². The van der Waals surface area contributed by atoms with E-state index in [0.717, 1.165) is 0 Å². The number of benzene rings is 2. The lowest BCUT2D eigenvalue weighted by Gasteiger charge is -2.34. The molecular weight excluding hydrogens is 434 g/mol. The number of hydrogen-bond acceptors (Lipinski definition) is 7. The van der Waals surface area contributed by atoms with Crippen molar-refractivity contribution in [2.75, 3.05) is 60.6 Å². The number of piperazine rings is 1. The van der Waals surface area contributed by atoms with Gasteiger partial charge in [-0.3, -0.25) is 9.69 Å². The van der Waals surface area contributed by atoms with Gasteiger partial charge >= 0.3 is 0 Å². The fourth-order valence-corrected chi connectivity index (χ4v) is 4.92. The molecule has 1 amide bonds. The Kier molecular flexibility index (Phi) is 7.94. The van der Waals surface area contributed by atoms with Crippen molar-refractivity contribution < 1.29 is 27.4 Å². The molecule has 3 rings (SSSR count). The van der Waals surface area contributed by atoms with Gasteiger partial charge < -0.3 is 19.5 Å². The summed E-state index contributed by atoms with van der Waals surface area (Å²) < 4.78 is 42.7. The highest BCUT2D eigenvalue weighted by atomic mass is 32.2. The molecular formula is C22H29N3O6S. The molecule has 0 saturated carbocycles. The molecule has 1 heterocycles. The molecule has 2 aromatic carbocycles. The SMILES string of the molecule is COc1ccc(S(=O)(=O)N2CCN(CCNC(=O)c3ccc(OC)c(OC)c3)CC2)cc1. The van der Waals surface area contributed by atoms with Crippen molar-refractivity contribution in [1.29, 1.82) is 0 Å². The van der Waals surface area contributed by atoms with Crippen LogP contribution in [0.5, 0.6) is 17.2 Å². The second-order valence-corrected chi connectivity index (χ2v) is 9.18. The largest absolute Gasteiger partial charge is 0.497 e. The summed E-state index contributed by atoms with van der Waals surface area (Å²) in [5.41, 5.74) is 0.484. The molecule has 1 aliphatic rings. The van der Waals surface area contributed by atoms with E-state index in [-0.39, 0.29) is 10.8 Å². The van der Waals surface area contributed by atoms with Crippen molar-refractivity contribution in [3.8, 4) is 17.2 Å². The van der Waals surface area contributed by atoms with Crippen molar-refractivity contribution >= 4 is 15.9 Å². The monoisotopic (exact) mass is 463 g/mol. The molecule has 1 fully saturated rings. The molecule has 1 saturated heterocycles. The first kappa shape index (κ1) is 23.8. The van der Waals surface area contributed by atoms with Crippen LogP contribution in [-0.2, 0) is 10.0 Å². The summed E-state index contributed by atoms with van der Waals surface area (Å²) in [5, 5.41) is 2.89. The summed E-state index contributed by atoms with van der Waals surface area (Å²) in [5.74, 6) is 1.47. The van der Waals surface area contributed by atoms with Crippen molar-refractivity contribution in [3.05, 3.63) is 48.0 Å². The standard InChI is InChI=1S/C22H29N3O6S/c1-29-18-5-7-19(8-6-18)32(27,28)25-14-12-24(13-15-25)11-10-23-22(26)17-4-9-20(30-2)21(16-17)31-3/h4-9,16H,10-15H2,1-3H3,(H,23,26). The minimum absolute atomic E-state index is 0.202.